The molecule has 0 unspecified atom stereocenters. The first-order chi connectivity index (χ1) is 8.84. The molecule has 0 atom stereocenters. The largest absolute Gasteiger partial charge is 0.148 e. The highest BCUT2D eigenvalue weighted by atomic mass is 79.9. The van der Waals surface area contributed by atoms with Gasteiger partial charge in [0.05, 0.1) is 5.92 Å². The lowest BCUT2D eigenvalue weighted by molar-refractivity contribution is 1.03. The van der Waals surface area contributed by atoms with E-state index in [9.17, 15) is 0 Å². The highest BCUT2D eigenvalue weighted by Crippen LogP contribution is 2.37. The maximum Gasteiger partial charge on any atom is 0.0527 e. The molecule has 0 aliphatic heterocycles. The second-order valence-corrected chi connectivity index (χ2v) is 6.89. The van der Waals surface area contributed by atoms with Crippen LogP contribution in [0.5, 0.6) is 0 Å². The van der Waals surface area contributed by atoms with Crippen molar-refractivity contribution in [1.82, 2.24) is 0 Å². The Hall–Kier alpha value is -0.900. The molecule has 2 aromatic heterocycles. The fourth-order valence-corrected chi connectivity index (χ4v) is 4.12. The van der Waals surface area contributed by atoms with Crippen LogP contribution < -0.4 is 0 Å². The van der Waals surface area contributed by atoms with Crippen LogP contribution in [-0.4, -0.2) is 0 Å². The topological polar surface area (TPSA) is 0 Å². The van der Waals surface area contributed by atoms with E-state index >= 15 is 0 Å². The van der Waals surface area contributed by atoms with Gasteiger partial charge in [-0.25, -0.2) is 0 Å². The molecule has 3 aromatic rings. The first-order valence-corrected chi connectivity index (χ1v) is 8.22. The molecule has 0 spiro atoms. The highest BCUT2D eigenvalue weighted by molar-refractivity contribution is 9.10. The fraction of sp³-hybridized carbons (Fsp3) is 0.0667. The van der Waals surface area contributed by atoms with E-state index in [1.165, 1.54) is 15.3 Å². The first kappa shape index (κ1) is 12.2. The summed E-state index contributed by atoms with van der Waals surface area (Å²) in [6.07, 6.45) is 0. The summed E-state index contributed by atoms with van der Waals surface area (Å²) in [5, 5.41) is 4.30. The number of benzene rings is 1. The van der Waals surface area contributed by atoms with Crippen LogP contribution >= 0.6 is 38.6 Å². The molecule has 3 heteroatoms. The minimum atomic E-state index is 0.373. The van der Waals surface area contributed by atoms with Gasteiger partial charge in [0.15, 0.2) is 0 Å². The average molecular weight is 335 g/mol. The molecule has 0 N–H and O–H groups in total. The molecule has 0 nitrogen and oxygen atoms in total. The van der Waals surface area contributed by atoms with Crippen LogP contribution in [0.15, 0.2) is 63.8 Å². The van der Waals surface area contributed by atoms with Crippen LogP contribution in [0.4, 0.5) is 0 Å². The summed E-state index contributed by atoms with van der Waals surface area (Å²) in [5.74, 6) is 0.373. The van der Waals surface area contributed by atoms with Crippen molar-refractivity contribution in [2.45, 2.75) is 5.92 Å². The molecule has 0 aliphatic rings. The molecular weight excluding hydrogens is 324 g/mol. The SMILES string of the molecule is Brc1ccc(C(c2cccs2)c2cccs2)cc1. The quantitative estimate of drug-likeness (QED) is 0.571. The van der Waals surface area contributed by atoms with Gasteiger partial charge in [0.2, 0.25) is 0 Å². The van der Waals surface area contributed by atoms with Gasteiger partial charge in [0.25, 0.3) is 0 Å². The molecule has 0 fully saturated rings. The number of hydrogen-bond donors (Lipinski definition) is 0. The lowest BCUT2D eigenvalue weighted by atomic mass is 9.96. The van der Waals surface area contributed by atoms with E-state index < -0.39 is 0 Å². The Kier molecular flexibility index (Phi) is 3.64. The Morgan fingerprint density at radius 3 is 1.78 bits per heavy atom. The molecule has 3 rings (SSSR count). The standard InChI is InChI=1S/C15H11BrS2/c16-12-7-5-11(6-8-12)15(13-3-1-9-17-13)14-4-2-10-18-14/h1-10,15H. The van der Waals surface area contributed by atoms with Crippen molar-refractivity contribution in [3.8, 4) is 0 Å². The zero-order chi connectivity index (χ0) is 12.4. The first-order valence-electron chi connectivity index (χ1n) is 5.67. The Bertz CT molecular complexity index is 560. The summed E-state index contributed by atoms with van der Waals surface area (Å²) in [6.45, 7) is 0. The zero-order valence-electron chi connectivity index (χ0n) is 9.55. The second kappa shape index (κ2) is 5.39. The van der Waals surface area contributed by atoms with Gasteiger partial charge < -0.3 is 0 Å². The van der Waals surface area contributed by atoms with Gasteiger partial charge in [0, 0.05) is 14.2 Å². The van der Waals surface area contributed by atoms with Gasteiger partial charge in [-0.05, 0) is 40.6 Å². The zero-order valence-corrected chi connectivity index (χ0v) is 12.8. The van der Waals surface area contributed by atoms with Crippen molar-refractivity contribution < 1.29 is 0 Å². The molecule has 0 aliphatic carbocycles. The number of hydrogen-bond acceptors (Lipinski definition) is 2. The highest BCUT2D eigenvalue weighted by Gasteiger charge is 2.18. The van der Waals surface area contributed by atoms with Crippen LogP contribution in [-0.2, 0) is 0 Å². The summed E-state index contributed by atoms with van der Waals surface area (Å²) < 4.78 is 1.13. The summed E-state index contributed by atoms with van der Waals surface area (Å²) >= 11 is 7.14. The number of halogens is 1. The molecule has 0 radical (unpaired) electrons. The van der Waals surface area contributed by atoms with Crippen molar-refractivity contribution in [3.05, 3.63) is 79.1 Å². The summed E-state index contributed by atoms with van der Waals surface area (Å²) in [7, 11) is 0. The molecule has 1 aromatic carbocycles. The fourth-order valence-electron chi connectivity index (χ4n) is 2.04. The van der Waals surface area contributed by atoms with Crippen molar-refractivity contribution in [3.63, 3.8) is 0 Å². The van der Waals surface area contributed by atoms with Gasteiger partial charge in [-0.15, -0.1) is 22.7 Å². The van der Waals surface area contributed by atoms with Crippen molar-refractivity contribution in [2.75, 3.05) is 0 Å². The second-order valence-electron chi connectivity index (χ2n) is 4.02. The molecule has 0 amide bonds. The average Bonchev–Trinajstić information content (AvgIpc) is 3.06. The van der Waals surface area contributed by atoms with E-state index in [2.05, 4.69) is 75.2 Å². The lowest BCUT2D eigenvalue weighted by Gasteiger charge is -2.14. The Balaban J connectivity index is 2.08. The maximum atomic E-state index is 3.50. The molecule has 0 saturated carbocycles. The van der Waals surface area contributed by atoms with Crippen molar-refractivity contribution >= 4 is 38.6 Å². The number of thiophene rings is 2. The summed E-state index contributed by atoms with van der Waals surface area (Å²) in [4.78, 5) is 2.81. The molecular formula is C15H11BrS2. The van der Waals surface area contributed by atoms with Crippen molar-refractivity contribution in [1.29, 1.82) is 0 Å². The predicted octanol–water partition coefficient (Wildman–Crippen LogP) is 5.75. The molecule has 18 heavy (non-hydrogen) atoms. The van der Waals surface area contributed by atoms with E-state index in [-0.39, 0.29) is 0 Å². The number of rotatable bonds is 3. The van der Waals surface area contributed by atoms with Gasteiger partial charge in [-0.3, -0.25) is 0 Å². The third-order valence-electron chi connectivity index (χ3n) is 2.86. The van der Waals surface area contributed by atoms with Crippen LogP contribution in [0.2, 0.25) is 0 Å². The maximum absolute atomic E-state index is 3.50. The Morgan fingerprint density at radius 2 is 1.33 bits per heavy atom. The van der Waals surface area contributed by atoms with E-state index in [0.717, 1.165) is 4.47 Å². The Labute approximate surface area is 123 Å². The molecule has 0 bridgehead atoms. The van der Waals surface area contributed by atoms with Crippen molar-refractivity contribution in [2.24, 2.45) is 0 Å². The Morgan fingerprint density at radius 1 is 0.778 bits per heavy atom. The van der Waals surface area contributed by atoms with Crippen LogP contribution in [0.3, 0.4) is 0 Å². The lowest BCUT2D eigenvalue weighted by Crippen LogP contribution is -1.98. The molecule has 2 heterocycles. The normalized spacial score (nSPS) is 11.0. The van der Waals surface area contributed by atoms with E-state index in [1.54, 1.807) is 0 Å². The van der Waals surface area contributed by atoms with Gasteiger partial charge in [-0.1, -0.05) is 40.2 Å². The van der Waals surface area contributed by atoms with Crippen LogP contribution in [0.1, 0.15) is 21.2 Å². The van der Waals surface area contributed by atoms with E-state index in [1.807, 2.05) is 22.7 Å². The van der Waals surface area contributed by atoms with E-state index in [0.29, 0.717) is 5.92 Å². The molecule has 90 valence electrons. The summed E-state index contributed by atoms with van der Waals surface area (Å²) in [5.41, 5.74) is 1.35. The monoisotopic (exact) mass is 334 g/mol. The van der Waals surface area contributed by atoms with E-state index in [4.69, 9.17) is 0 Å². The summed E-state index contributed by atoms with van der Waals surface area (Å²) in [6, 6.07) is 17.3. The predicted molar refractivity (Wildman–Crippen MR) is 83.7 cm³/mol. The minimum Gasteiger partial charge on any atom is -0.148 e. The van der Waals surface area contributed by atoms with Gasteiger partial charge in [-0.2, -0.15) is 0 Å². The van der Waals surface area contributed by atoms with Gasteiger partial charge >= 0.3 is 0 Å². The molecule has 0 saturated heterocycles. The minimum absolute atomic E-state index is 0.373. The van der Waals surface area contributed by atoms with Crippen LogP contribution in [0.25, 0.3) is 0 Å². The third kappa shape index (κ3) is 2.44. The smallest absolute Gasteiger partial charge is 0.0527 e. The third-order valence-corrected chi connectivity index (χ3v) is 5.26. The van der Waals surface area contributed by atoms with Crippen LogP contribution in [0, 0.1) is 0 Å². The van der Waals surface area contributed by atoms with Gasteiger partial charge in [0.1, 0.15) is 0 Å².